The largest absolute Gasteiger partial charge is 0.493 e. The first-order chi connectivity index (χ1) is 16.6. The predicted molar refractivity (Wildman–Crippen MR) is 121 cm³/mol. The van der Waals surface area contributed by atoms with Crippen molar-refractivity contribution in [2.24, 2.45) is 23.7 Å². The Balaban J connectivity index is 0.976. The highest BCUT2D eigenvalue weighted by Gasteiger charge is 2.43. The van der Waals surface area contributed by atoms with Gasteiger partial charge in [0.1, 0.15) is 17.4 Å². The number of carbonyl (C=O) groups excluding carboxylic acids is 1. The molecular formula is C25H27F2N5O2. The molecule has 2 saturated carbocycles. The van der Waals surface area contributed by atoms with E-state index >= 15 is 0 Å². The van der Waals surface area contributed by atoms with Crippen molar-refractivity contribution in [2.45, 2.75) is 38.5 Å². The van der Waals surface area contributed by atoms with Crippen LogP contribution in [0.2, 0.25) is 0 Å². The number of hydrogen-bond donors (Lipinski definition) is 0. The van der Waals surface area contributed by atoms with E-state index in [4.69, 9.17) is 4.74 Å². The quantitative estimate of drug-likeness (QED) is 0.460. The zero-order chi connectivity index (χ0) is 23.2. The molecule has 0 spiro atoms. The molecule has 2 aliphatic carbocycles. The Morgan fingerprint density at radius 2 is 1.85 bits per heavy atom. The molecule has 0 unspecified atom stereocenters. The van der Waals surface area contributed by atoms with Gasteiger partial charge < -0.3 is 9.64 Å². The Bertz CT molecular complexity index is 1200. The molecule has 0 bridgehead atoms. The van der Waals surface area contributed by atoms with Crippen LogP contribution in [0.4, 0.5) is 14.7 Å². The second-order valence-corrected chi connectivity index (χ2v) is 9.81. The van der Waals surface area contributed by atoms with Crippen LogP contribution in [0.3, 0.4) is 0 Å². The van der Waals surface area contributed by atoms with Crippen LogP contribution in [0.5, 0.6) is 5.75 Å². The van der Waals surface area contributed by atoms with E-state index in [1.807, 2.05) is 16.7 Å². The Hall–Kier alpha value is -3.10. The fourth-order valence-electron chi connectivity index (χ4n) is 5.40. The molecule has 3 fully saturated rings. The number of ether oxygens (including phenoxy) is 1. The third-order valence-corrected chi connectivity index (χ3v) is 7.54. The normalized spacial score (nSPS) is 22.8. The van der Waals surface area contributed by atoms with Crippen molar-refractivity contribution in [3.8, 4) is 5.75 Å². The van der Waals surface area contributed by atoms with Crippen LogP contribution < -0.4 is 9.64 Å². The van der Waals surface area contributed by atoms with E-state index in [-0.39, 0.29) is 11.7 Å². The first-order valence-corrected chi connectivity index (χ1v) is 12.1. The fourth-order valence-corrected chi connectivity index (χ4v) is 5.40. The Morgan fingerprint density at radius 1 is 1.09 bits per heavy atom. The van der Waals surface area contributed by atoms with Crippen molar-refractivity contribution >= 4 is 17.5 Å². The zero-order valence-electron chi connectivity index (χ0n) is 18.9. The van der Waals surface area contributed by atoms with Crippen LogP contribution in [-0.4, -0.2) is 45.1 Å². The van der Waals surface area contributed by atoms with Gasteiger partial charge in [-0.05, 0) is 62.3 Å². The lowest BCUT2D eigenvalue weighted by molar-refractivity contribution is 0.0959. The molecule has 0 N–H and O–H groups in total. The lowest BCUT2D eigenvalue weighted by Crippen LogP contribution is -2.35. The Labute approximate surface area is 196 Å². The molecule has 0 radical (unpaired) electrons. The van der Waals surface area contributed by atoms with E-state index < -0.39 is 23.0 Å². The monoisotopic (exact) mass is 467 g/mol. The smallest absolute Gasteiger partial charge is 0.256 e. The third-order valence-electron chi connectivity index (χ3n) is 7.54. The number of rotatable bonds is 8. The average molecular weight is 468 g/mol. The van der Waals surface area contributed by atoms with Gasteiger partial charge in [-0.15, -0.1) is 10.2 Å². The third kappa shape index (κ3) is 4.12. The van der Waals surface area contributed by atoms with E-state index in [9.17, 15) is 13.6 Å². The number of anilines is 1. The van der Waals surface area contributed by atoms with Crippen molar-refractivity contribution in [1.82, 2.24) is 19.6 Å². The number of aromatic nitrogens is 4. The van der Waals surface area contributed by atoms with Crippen molar-refractivity contribution in [3.63, 3.8) is 0 Å². The second-order valence-electron chi connectivity index (χ2n) is 9.81. The molecule has 3 heterocycles. The summed E-state index contributed by atoms with van der Waals surface area (Å²) in [5, 5.41) is 8.46. The molecular weight excluding hydrogens is 440 g/mol. The molecule has 178 valence electrons. The number of ketones is 1. The minimum atomic E-state index is -0.820. The molecule has 6 rings (SSSR count). The topological polar surface area (TPSA) is 72.6 Å². The number of hydrogen-bond acceptors (Lipinski definition) is 6. The molecule has 1 aromatic carbocycles. The standard InChI is InChI=1S/C25H27F2N5O2/c26-20-13-18(14-21(27)22(20)23(33)16-2-3-16)34-11-6-17-12-19(17)15-4-9-31(10-5-15)25-30-29-24-28-7-1-8-32(24)25/h1,7-8,13-17,19H,2-6,9-12H2/t17-,19-/m1/s1. The SMILES string of the molecule is O=C(c1c(F)cc(OCC[C@@H]2C[C@@H]2C2CCN(c3nnc4ncccn34)CC2)cc1F)C1CC1. The summed E-state index contributed by atoms with van der Waals surface area (Å²) in [6.45, 7) is 2.32. The van der Waals surface area contributed by atoms with Gasteiger partial charge in [-0.3, -0.25) is 9.20 Å². The van der Waals surface area contributed by atoms with Gasteiger partial charge >= 0.3 is 0 Å². The number of nitrogens with zero attached hydrogens (tertiary/aromatic N) is 5. The maximum absolute atomic E-state index is 14.3. The molecule has 3 aromatic rings. The summed E-state index contributed by atoms with van der Waals surface area (Å²) in [7, 11) is 0. The van der Waals surface area contributed by atoms with Gasteiger partial charge in [0.05, 0.1) is 12.2 Å². The summed E-state index contributed by atoms with van der Waals surface area (Å²) in [4.78, 5) is 18.6. The molecule has 2 aromatic heterocycles. The van der Waals surface area contributed by atoms with Gasteiger partial charge in [-0.25, -0.2) is 13.8 Å². The highest BCUT2D eigenvalue weighted by Crippen LogP contribution is 2.50. The van der Waals surface area contributed by atoms with E-state index in [0.717, 1.165) is 50.4 Å². The first kappa shape index (κ1) is 21.4. The number of Topliss-reactive ketones (excluding diaryl/α,β-unsaturated/α-hetero) is 1. The number of piperidine rings is 1. The molecule has 7 nitrogen and oxygen atoms in total. The molecule has 1 aliphatic heterocycles. The predicted octanol–water partition coefficient (Wildman–Crippen LogP) is 4.32. The lowest BCUT2D eigenvalue weighted by Gasteiger charge is -2.32. The van der Waals surface area contributed by atoms with E-state index in [2.05, 4.69) is 20.1 Å². The summed E-state index contributed by atoms with van der Waals surface area (Å²) in [5.41, 5.74) is -0.418. The van der Waals surface area contributed by atoms with Crippen molar-refractivity contribution < 1.29 is 18.3 Å². The maximum Gasteiger partial charge on any atom is 0.256 e. The fraction of sp³-hybridized carbons (Fsp3) is 0.520. The Kier molecular flexibility index (Phi) is 5.42. The first-order valence-electron chi connectivity index (χ1n) is 12.1. The van der Waals surface area contributed by atoms with Crippen LogP contribution in [0, 0.1) is 35.3 Å². The van der Waals surface area contributed by atoms with Gasteiger partial charge in [0.15, 0.2) is 5.78 Å². The molecule has 1 saturated heterocycles. The van der Waals surface area contributed by atoms with Crippen molar-refractivity contribution in [1.29, 1.82) is 0 Å². The second kappa shape index (κ2) is 8.60. The highest BCUT2D eigenvalue weighted by atomic mass is 19.1. The van der Waals surface area contributed by atoms with Crippen LogP contribution in [0.25, 0.3) is 5.78 Å². The van der Waals surface area contributed by atoms with E-state index in [1.54, 1.807) is 6.20 Å². The van der Waals surface area contributed by atoms with Gasteiger partial charge in [0.2, 0.25) is 5.95 Å². The van der Waals surface area contributed by atoms with Gasteiger partial charge in [-0.2, -0.15) is 0 Å². The van der Waals surface area contributed by atoms with Gasteiger partial charge in [-0.1, -0.05) is 0 Å². The van der Waals surface area contributed by atoms with Crippen LogP contribution in [0.1, 0.15) is 48.9 Å². The zero-order valence-corrected chi connectivity index (χ0v) is 18.9. The van der Waals surface area contributed by atoms with Gasteiger partial charge in [0.25, 0.3) is 5.78 Å². The summed E-state index contributed by atoms with van der Waals surface area (Å²) in [6, 6.07) is 4.17. The highest BCUT2D eigenvalue weighted by molar-refractivity contribution is 5.99. The van der Waals surface area contributed by atoms with Crippen LogP contribution in [0.15, 0.2) is 30.6 Å². The summed E-state index contributed by atoms with van der Waals surface area (Å²) < 4.78 is 36.2. The minimum absolute atomic E-state index is 0.155. The van der Waals surface area contributed by atoms with E-state index in [0.29, 0.717) is 43.0 Å². The van der Waals surface area contributed by atoms with Crippen LogP contribution >= 0.6 is 0 Å². The summed E-state index contributed by atoms with van der Waals surface area (Å²) in [5.74, 6) is 1.30. The number of carbonyl (C=O) groups is 1. The molecule has 0 amide bonds. The number of benzene rings is 1. The number of halogens is 2. The summed E-state index contributed by atoms with van der Waals surface area (Å²) >= 11 is 0. The van der Waals surface area contributed by atoms with Crippen molar-refractivity contribution in [3.05, 3.63) is 47.8 Å². The lowest BCUT2D eigenvalue weighted by atomic mass is 9.90. The maximum atomic E-state index is 14.3. The van der Waals surface area contributed by atoms with E-state index in [1.165, 1.54) is 6.42 Å². The average Bonchev–Trinajstić information content (AvgIpc) is 3.76. The Morgan fingerprint density at radius 3 is 2.59 bits per heavy atom. The number of fused-ring (bicyclic) bond motifs is 1. The van der Waals surface area contributed by atoms with Crippen molar-refractivity contribution in [2.75, 3.05) is 24.6 Å². The summed E-state index contributed by atoms with van der Waals surface area (Å²) in [6.07, 6.45) is 9.37. The van der Waals surface area contributed by atoms with Crippen LogP contribution in [-0.2, 0) is 0 Å². The molecule has 2 atom stereocenters. The van der Waals surface area contributed by atoms with Gasteiger partial charge in [0, 0.05) is 43.5 Å². The molecule has 3 aliphatic rings. The molecule has 34 heavy (non-hydrogen) atoms. The molecule has 9 heteroatoms. The minimum Gasteiger partial charge on any atom is -0.493 e.